The Balaban J connectivity index is 2.45. The summed E-state index contributed by atoms with van der Waals surface area (Å²) in [4.78, 5) is 4.36. The first-order chi connectivity index (χ1) is 6.20. The molecule has 0 fully saturated rings. The van der Waals surface area contributed by atoms with Crippen LogP contribution in [0.25, 0.3) is 0 Å². The van der Waals surface area contributed by atoms with Crippen LogP contribution in [0.3, 0.4) is 0 Å². The van der Waals surface area contributed by atoms with E-state index in [9.17, 15) is 0 Å². The van der Waals surface area contributed by atoms with Crippen molar-refractivity contribution in [1.29, 1.82) is 0 Å². The second-order valence-corrected chi connectivity index (χ2v) is 3.33. The predicted molar refractivity (Wildman–Crippen MR) is 52.5 cm³/mol. The topological polar surface area (TPSA) is 46.5 Å². The Bertz CT molecular complexity index is 331. The Morgan fingerprint density at radius 3 is 2.38 bits per heavy atom. The van der Waals surface area contributed by atoms with Gasteiger partial charge in [-0.15, -0.1) is 0 Å². The zero-order valence-corrected chi connectivity index (χ0v) is 7.99. The highest BCUT2D eigenvalue weighted by molar-refractivity contribution is 5.84. The maximum absolute atomic E-state index is 5.79. The molecule has 2 rings (SSSR count). The van der Waals surface area contributed by atoms with Crippen LogP contribution in [0.1, 0.15) is 11.4 Å². The summed E-state index contributed by atoms with van der Waals surface area (Å²) in [5.41, 5.74) is 2.35. The standard InChI is InChI=1S/C9H14N4/c1-7-3-4-8(2)13(7)9-11-5-6-12(9)10/h3-4H,5-6,10H2,1-2H3. The predicted octanol–water partition coefficient (Wildman–Crippen LogP) is 0.498. The molecular weight excluding hydrogens is 164 g/mol. The molecule has 1 aliphatic rings. The third-order valence-corrected chi connectivity index (χ3v) is 2.32. The van der Waals surface area contributed by atoms with Crippen molar-refractivity contribution in [3.05, 3.63) is 23.5 Å². The molecule has 13 heavy (non-hydrogen) atoms. The average Bonchev–Trinajstić information content (AvgIpc) is 2.60. The third-order valence-electron chi connectivity index (χ3n) is 2.32. The van der Waals surface area contributed by atoms with Crippen LogP contribution in [0.4, 0.5) is 0 Å². The smallest absolute Gasteiger partial charge is 0.219 e. The first-order valence-corrected chi connectivity index (χ1v) is 4.42. The lowest BCUT2D eigenvalue weighted by atomic mass is 10.5. The van der Waals surface area contributed by atoms with Crippen molar-refractivity contribution in [2.45, 2.75) is 13.8 Å². The van der Waals surface area contributed by atoms with Gasteiger partial charge in [0.2, 0.25) is 5.96 Å². The molecule has 2 heterocycles. The van der Waals surface area contributed by atoms with Crippen molar-refractivity contribution in [3.8, 4) is 0 Å². The van der Waals surface area contributed by atoms with Crippen LogP contribution in [0, 0.1) is 13.8 Å². The van der Waals surface area contributed by atoms with Gasteiger partial charge in [0.05, 0.1) is 13.1 Å². The lowest BCUT2D eigenvalue weighted by molar-refractivity contribution is 0.468. The summed E-state index contributed by atoms with van der Waals surface area (Å²) in [5, 5.41) is 1.69. The second-order valence-electron chi connectivity index (χ2n) is 3.33. The molecule has 0 atom stereocenters. The van der Waals surface area contributed by atoms with E-state index in [1.807, 2.05) is 0 Å². The SMILES string of the molecule is Cc1ccc(C)n1C1=NCCN1N. The number of hydrazine groups is 1. The summed E-state index contributed by atoms with van der Waals surface area (Å²) in [7, 11) is 0. The molecule has 0 saturated heterocycles. The Kier molecular flexibility index (Phi) is 1.84. The molecule has 0 saturated carbocycles. The molecule has 0 aromatic carbocycles. The Hall–Kier alpha value is -1.29. The highest BCUT2D eigenvalue weighted by atomic mass is 15.5. The van der Waals surface area contributed by atoms with Crippen molar-refractivity contribution >= 4 is 5.96 Å². The van der Waals surface area contributed by atoms with Gasteiger partial charge in [-0.2, -0.15) is 0 Å². The molecule has 0 unspecified atom stereocenters. The van der Waals surface area contributed by atoms with Gasteiger partial charge in [-0.05, 0) is 26.0 Å². The molecule has 0 spiro atoms. The van der Waals surface area contributed by atoms with E-state index in [1.165, 1.54) is 11.4 Å². The van der Waals surface area contributed by atoms with Gasteiger partial charge in [0, 0.05) is 11.4 Å². The van der Waals surface area contributed by atoms with E-state index >= 15 is 0 Å². The van der Waals surface area contributed by atoms with Crippen molar-refractivity contribution in [1.82, 2.24) is 9.58 Å². The molecule has 0 bridgehead atoms. The minimum Gasteiger partial charge on any atom is -0.288 e. The van der Waals surface area contributed by atoms with E-state index in [0.29, 0.717) is 0 Å². The van der Waals surface area contributed by atoms with Crippen LogP contribution in [-0.4, -0.2) is 28.6 Å². The van der Waals surface area contributed by atoms with E-state index in [1.54, 1.807) is 5.01 Å². The lowest BCUT2D eigenvalue weighted by Gasteiger charge is -2.16. The quantitative estimate of drug-likeness (QED) is 0.588. The summed E-state index contributed by atoms with van der Waals surface area (Å²) in [5.74, 6) is 6.65. The number of aliphatic imine (C=N–C) groups is 1. The number of aryl methyl sites for hydroxylation is 2. The summed E-state index contributed by atoms with van der Waals surface area (Å²) in [6.07, 6.45) is 0. The monoisotopic (exact) mass is 178 g/mol. The molecule has 1 aromatic rings. The number of aromatic nitrogens is 1. The fourth-order valence-corrected chi connectivity index (χ4v) is 1.63. The fraction of sp³-hybridized carbons (Fsp3) is 0.444. The number of nitrogens with zero attached hydrogens (tertiary/aromatic N) is 3. The Labute approximate surface area is 77.6 Å². The van der Waals surface area contributed by atoms with E-state index in [-0.39, 0.29) is 0 Å². The molecular formula is C9H14N4. The summed E-state index contributed by atoms with van der Waals surface area (Å²) in [6, 6.07) is 4.15. The first-order valence-electron chi connectivity index (χ1n) is 4.42. The van der Waals surface area contributed by atoms with Gasteiger partial charge in [-0.1, -0.05) is 0 Å². The normalized spacial score (nSPS) is 16.5. The molecule has 0 aliphatic carbocycles. The maximum Gasteiger partial charge on any atom is 0.219 e. The van der Waals surface area contributed by atoms with Gasteiger partial charge in [-0.25, -0.2) is 10.8 Å². The van der Waals surface area contributed by atoms with Crippen LogP contribution < -0.4 is 5.84 Å². The van der Waals surface area contributed by atoms with E-state index in [2.05, 4.69) is 35.5 Å². The van der Waals surface area contributed by atoms with Crippen LogP contribution in [0.15, 0.2) is 17.1 Å². The van der Waals surface area contributed by atoms with Crippen molar-refractivity contribution in [3.63, 3.8) is 0 Å². The molecule has 0 amide bonds. The zero-order chi connectivity index (χ0) is 9.42. The van der Waals surface area contributed by atoms with Gasteiger partial charge in [-0.3, -0.25) is 9.58 Å². The molecule has 70 valence electrons. The second kappa shape index (κ2) is 2.88. The van der Waals surface area contributed by atoms with Crippen molar-refractivity contribution in [2.24, 2.45) is 10.8 Å². The van der Waals surface area contributed by atoms with E-state index in [0.717, 1.165) is 19.0 Å². The first kappa shape index (κ1) is 8.31. The third kappa shape index (κ3) is 1.23. The van der Waals surface area contributed by atoms with Gasteiger partial charge in [0.1, 0.15) is 0 Å². The van der Waals surface area contributed by atoms with Crippen LogP contribution in [0.5, 0.6) is 0 Å². The zero-order valence-electron chi connectivity index (χ0n) is 7.99. The minimum absolute atomic E-state index is 0.795. The van der Waals surface area contributed by atoms with Crippen molar-refractivity contribution in [2.75, 3.05) is 13.1 Å². The minimum atomic E-state index is 0.795. The molecule has 2 N–H and O–H groups in total. The van der Waals surface area contributed by atoms with Gasteiger partial charge < -0.3 is 0 Å². The van der Waals surface area contributed by atoms with E-state index in [4.69, 9.17) is 5.84 Å². The largest absolute Gasteiger partial charge is 0.288 e. The van der Waals surface area contributed by atoms with Crippen LogP contribution in [-0.2, 0) is 0 Å². The van der Waals surface area contributed by atoms with Gasteiger partial charge in [0.25, 0.3) is 0 Å². The lowest BCUT2D eigenvalue weighted by Crippen LogP contribution is -2.39. The molecule has 4 nitrogen and oxygen atoms in total. The molecule has 1 aromatic heterocycles. The highest BCUT2D eigenvalue weighted by Gasteiger charge is 2.17. The molecule has 4 heteroatoms. The van der Waals surface area contributed by atoms with E-state index < -0.39 is 0 Å². The number of hydrogen-bond acceptors (Lipinski definition) is 3. The summed E-state index contributed by atoms with van der Waals surface area (Å²) < 4.78 is 2.08. The molecule has 0 radical (unpaired) electrons. The van der Waals surface area contributed by atoms with Crippen molar-refractivity contribution < 1.29 is 0 Å². The maximum atomic E-state index is 5.79. The van der Waals surface area contributed by atoms with Crippen LogP contribution >= 0.6 is 0 Å². The number of hydrogen-bond donors (Lipinski definition) is 1. The Morgan fingerprint density at radius 1 is 1.31 bits per heavy atom. The Morgan fingerprint density at radius 2 is 1.92 bits per heavy atom. The number of nitrogens with two attached hydrogens (primary N) is 1. The summed E-state index contributed by atoms with van der Waals surface area (Å²) >= 11 is 0. The highest BCUT2D eigenvalue weighted by Crippen LogP contribution is 2.10. The van der Waals surface area contributed by atoms with Gasteiger partial charge >= 0.3 is 0 Å². The summed E-state index contributed by atoms with van der Waals surface area (Å²) in [6.45, 7) is 5.72. The fourth-order valence-electron chi connectivity index (χ4n) is 1.63. The molecule has 1 aliphatic heterocycles. The van der Waals surface area contributed by atoms with Crippen LogP contribution in [0.2, 0.25) is 0 Å². The number of rotatable bonds is 0. The average molecular weight is 178 g/mol. The van der Waals surface area contributed by atoms with Gasteiger partial charge in [0.15, 0.2) is 0 Å².